The van der Waals surface area contributed by atoms with Gasteiger partial charge in [0.25, 0.3) is 0 Å². The molecule has 3 aromatic rings. The van der Waals surface area contributed by atoms with Gasteiger partial charge in [-0.3, -0.25) is 4.72 Å². The minimum Gasteiger partial charge on any atom is -0.363 e. The number of hydrogen-bond acceptors (Lipinski definition) is 8. The molecule has 0 unspecified atom stereocenters. The molecule has 130 valence electrons. The molecule has 1 aromatic carbocycles. The van der Waals surface area contributed by atoms with Crippen LogP contribution in [0.15, 0.2) is 47.4 Å². The molecule has 0 spiro atoms. The number of aromatic nitrogens is 3. The van der Waals surface area contributed by atoms with E-state index in [1.807, 2.05) is 0 Å². The Morgan fingerprint density at radius 1 is 1.12 bits per heavy atom. The maximum absolute atomic E-state index is 11.5. The molecule has 2 aromatic heterocycles. The predicted octanol–water partition coefficient (Wildman–Crippen LogP) is 2.98. The van der Waals surface area contributed by atoms with Crippen LogP contribution >= 0.6 is 11.6 Å². The lowest BCUT2D eigenvalue weighted by molar-refractivity contribution is 0.420. The average Bonchev–Trinajstić information content (AvgIpc) is 3.04. The van der Waals surface area contributed by atoms with Gasteiger partial charge in [0.2, 0.25) is 16.0 Å². The van der Waals surface area contributed by atoms with E-state index >= 15 is 0 Å². The molecule has 3 N–H and O–H groups in total. The van der Waals surface area contributed by atoms with Gasteiger partial charge in [0.1, 0.15) is 17.0 Å². The van der Waals surface area contributed by atoms with E-state index in [9.17, 15) is 8.42 Å². The summed E-state index contributed by atoms with van der Waals surface area (Å²) < 4.78 is 30.1. The second-order valence-corrected chi connectivity index (χ2v) is 7.13. The molecule has 0 bridgehead atoms. The van der Waals surface area contributed by atoms with Crippen LogP contribution in [0.5, 0.6) is 0 Å². The molecule has 0 aliphatic carbocycles. The zero-order valence-electron chi connectivity index (χ0n) is 12.9. The molecule has 0 fully saturated rings. The summed E-state index contributed by atoms with van der Waals surface area (Å²) >= 11 is 6.13. The summed E-state index contributed by atoms with van der Waals surface area (Å²) in [5.41, 5.74) is 1.44. The number of rotatable bonds is 6. The van der Waals surface area contributed by atoms with E-state index in [1.165, 1.54) is 18.7 Å². The van der Waals surface area contributed by atoms with Crippen molar-refractivity contribution in [3.8, 4) is 0 Å². The minimum atomic E-state index is -3.43. The Kier molecular flexibility index (Phi) is 4.72. The fourth-order valence-corrected chi connectivity index (χ4v) is 2.63. The predicted molar refractivity (Wildman–Crippen MR) is 95.0 cm³/mol. The SMILES string of the molecule is CS(=O)(=O)Nc1ccccc1Nc1nc(Nc2cnoc2)ncc1Cl. The zero-order valence-corrected chi connectivity index (χ0v) is 14.5. The van der Waals surface area contributed by atoms with Crippen LogP contribution in [0, 0.1) is 0 Å². The number of hydrogen-bond donors (Lipinski definition) is 3. The van der Waals surface area contributed by atoms with Gasteiger partial charge >= 0.3 is 0 Å². The normalized spacial score (nSPS) is 11.1. The van der Waals surface area contributed by atoms with Crippen molar-refractivity contribution < 1.29 is 12.9 Å². The van der Waals surface area contributed by atoms with Crippen molar-refractivity contribution >= 4 is 50.5 Å². The van der Waals surface area contributed by atoms with Gasteiger partial charge in [-0.25, -0.2) is 13.4 Å². The third-order valence-corrected chi connectivity index (χ3v) is 3.78. The minimum absolute atomic E-state index is 0.267. The summed E-state index contributed by atoms with van der Waals surface area (Å²) in [6.07, 6.45) is 5.36. The van der Waals surface area contributed by atoms with Gasteiger partial charge in [-0.15, -0.1) is 0 Å². The Hall–Kier alpha value is -2.85. The van der Waals surface area contributed by atoms with E-state index in [0.29, 0.717) is 22.9 Å². The van der Waals surface area contributed by atoms with Crippen LogP contribution in [0.2, 0.25) is 5.02 Å². The molecule has 9 nitrogen and oxygen atoms in total. The van der Waals surface area contributed by atoms with Crippen molar-refractivity contribution in [2.24, 2.45) is 0 Å². The molecule has 3 rings (SSSR count). The van der Waals surface area contributed by atoms with Crippen molar-refractivity contribution in [3.63, 3.8) is 0 Å². The smallest absolute Gasteiger partial charge is 0.229 e. The highest BCUT2D eigenvalue weighted by atomic mass is 35.5. The molecule has 0 saturated heterocycles. The summed E-state index contributed by atoms with van der Waals surface area (Å²) in [5.74, 6) is 0.571. The van der Waals surface area contributed by atoms with E-state index in [4.69, 9.17) is 16.1 Å². The Bertz CT molecular complexity index is 978. The molecule has 0 aliphatic heterocycles. The molecule has 2 heterocycles. The summed E-state index contributed by atoms with van der Waals surface area (Å²) in [6.45, 7) is 0. The third kappa shape index (κ3) is 4.58. The van der Waals surface area contributed by atoms with Crippen LogP contribution in [-0.2, 0) is 10.0 Å². The van der Waals surface area contributed by atoms with E-state index < -0.39 is 10.0 Å². The van der Waals surface area contributed by atoms with Gasteiger partial charge in [0, 0.05) is 0 Å². The molecule has 11 heteroatoms. The Morgan fingerprint density at radius 2 is 1.88 bits per heavy atom. The van der Waals surface area contributed by atoms with Crippen LogP contribution in [0.4, 0.5) is 28.8 Å². The van der Waals surface area contributed by atoms with E-state index in [0.717, 1.165) is 6.26 Å². The highest BCUT2D eigenvalue weighted by Gasteiger charge is 2.11. The topological polar surface area (TPSA) is 122 Å². The number of para-hydroxylation sites is 2. The average molecular weight is 381 g/mol. The molecule has 0 amide bonds. The molecule has 0 atom stereocenters. The van der Waals surface area contributed by atoms with Gasteiger partial charge in [-0.2, -0.15) is 4.98 Å². The standard InChI is InChI=1S/C14H13ClN6O3S/c1-25(22,23)21-12-5-3-2-4-11(12)19-13-10(15)7-16-14(20-13)18-9-6-17-24-8-9/h2-8,21H,1H3,(H2,16,18,19,20). The van der Waals surface area contributed by atoms with Crippen molar-refractivity contribution in [3.05, 3.63) is 47.9 Å². The second-order valence-electron chi connectivity index (χ2n) is 4.97. The molecule has 25 heavy (non-hydrogen) atoms. The summed E-state index contributed by atoms with van der Waals surface area (Å²) in [5, 5.41) is 9.74. The summed E-state index contributed by atoms with van der Waals surface area (Å²) in [4.78, 5) is 8.33. The lowest BCUT2D eigenvalue weighted by Crippen LogP contribution is -2.11. The molecule has 0 aliphatic rings. The fraction of sp³-hybridized carbons (Fsp3) is 0.0714. The maximum Gasteiger partial charge on any atom is 0.229 e. The number of sulfonamides is 1. The van der Waals surface area contributed by atoms with Gasteiger partial charge < -0.3 is 15.2 Å². The zero-order chi connectivity index (χ0) is 17.9. The van der Waals surface area contributed by atoms with Crippen molar-refractivity contribution in [2.75, 3.05) is 21.6 Å². The first-order chi connectivity index (χ1) is 11.9. The first-order valence-corrected chi connectivity index (χ1v) is 9.20. The molecular weight excluding hydrogens is 368 g/mol. The lowest BCUT2D eigenvalue weighted by atomic mass is 10.2. The van der Waals surface area contributed by atoms with E-state index in [-0.39, 0.29) is 11.0 Å². The van der Waals surface area contributed by atoms with Gasteiger partial charge in [0.05, 0.1) is 30.0 Å². The van der Waals surface area contributed by atoms with Gasteiger partial charge in [-0.1, -0.05) is 28.9 Å². The van der Waals surface area contributed by atoms with Crippen molar-refractivity contribution in [1.82, 2.24) is 15.1 Å². The molecule has 0 saturated carbocycles. The second kappa shape index (κ2) is 6.95. The quantitative estimate of drug-likeness (QED) is 0.596. The van der Waals surface area contributed by atoms with Gasteiger partial charge in [-0.05, 0) is 12.1 Å². The van der Waals surface area contributed by atoms with Crippen LogP contribution in [-0.4, -0.2) is 29.8 Å². The first kappa shape index (κ1) is 17.0. The third-order valence-electron chi connectivity index (χ3n) is 2.91. The van der Waals surface area contributed by atoms with Crippen molar-refractivity contribution in [1.29, 1.82) is 0 Å². The summed E-state index contributed by atoms with van der Waals surface area (Å²) in [7, 11) is -3.43. The number of nitrogens with one attached hydrogen (secondary N) is 3. The molecular formula is C14H13ClN6O3S. The van der Waals surface area contributed by atoms with Crippen LogP contribution in [0.1, 0.15) is 0 Å². The van der Waals surface area contributed by atoms with E-state index in [2.05, 4.69) is 30.5 Å². The lowest BCUT2D eigenvalue weighted by Gasteiger charge is -2.13. The van der Waals surface area contributed by atoms with Crippen LogP contribution in [0.25, 0.3) is 0 Å². The number of halogens is 1. The van der Waals surface area contributed by atoms with Gasteiger partial charge in [0.15, 0.2) is 5.82 Å². The number of benzene rings is 1. The largest absolute Gasteiger partial charge is 0.363 e. The number of anilines is 5. The number of nitrogens with zero attached hydrogens (tertiary/aromatic N) is 3. The monoisotopic (exact) mass is 380 g/mol. The van der Waals surface area contributed by atoms with Crippen LogP contribution in [0.3, 0.4) is 0 Å². The summed E-state index contributed by atoms with van der Waals surface area (Å²) in [6, 6.07) is 6.77. The highest BCUT2D eigenvalue weighted by molar-refractivity contribution is 7.92. The first-order valence-electron chi connectivity index (χ1n) is 6.93. The Labute approximate surface area is 148 Å². The van der Waals surface area contributed by atoms with Crippen LogP contribution < -0.4 is 15.4 Å². The van der Waals surface area contributed by atoms with Crippen molar-refractivity contribution in [2.45, 2.75) is 0 Å². The molecule has 0 radical (unpaired) electrons. The maximum atomic E-state index is 11.5. The van der Waals surface area contributed by atoms with E-state index in [1.54, 1.807) is 24.3 Å². The fourth-order valence-electron chi connectivity index (χ4n) is 1.92. The highest BCUT2D eigenvalue weighted by Crippen LogP contribution is 2.29. The Morgan fingerprint density at radius 3 is 2.56 bits per heavy atom. The Balaban J connectivity index is 1.88.